The molecule has 5 nitrogen and oxygen atoms in total. The van der Waals surface area contributed by atoms with E-state index >= 15 is 0 Å². The first-order valence-corrected chi connectivity index (χ1v) is 8.17. The van der Waals surface area contributed by atoms with Crippen molar-refractivity contribution in [3.63, 3.8) is 0 Å². The number of nitrogens with one attached hydrogen (secondary N) is 1. The van der Waals surface area contributed by atoms with Crippen LogP contribution in [0.5, 0.6) is 17.2 Å². The highest BCUT2D eigenvalue weighted by atomic mass is 35.5. The van der Waals surface area contributed by atoms with E-state index in [1.54, 1.807) is 21.3 Å². The minimum absolute atomic E-state index is 0. The SMILES string of the molecule is COc1cc(CNC(C)c2cc3ccccc3o2)cc(OC)c1OC.Cl. The maximum Gasteiger partial charge on any atom is 0.203 e. The minimum atomic E-state index is 0. The maximum absolute atomic E-state index is 5.91. The van der Waals surface area contributed by atoms with E-state index in [-0.39, 0.29) is 18.4 Å². The highest BCUT2D eigenvalue weighted by molar-refractivity contribution is 5.85. The Balaban J connectivity index is 0.00000243. The molecule has 140 valence electrons. The Morgan fingerprint density at radius 3 is 2.19 bits per heavy atom. The summed E-state index contributed by atoms with van der Waals surface area (Å²) in [6.07, 6.45) is 0. The zero-order valence-electron chi connectivity index (χ0n) is 15.4. The van der Waals surface area contributed by atoms with E-state index in [1.807, 2.05) is 36.4 Å². The fourth-order valence-corrected chi connectivity index (χ4v) is 2.82. The molecule has 1 N–H and O–H groups in total. The van der Waals surface area contributed by atoms with Crippen LogP contribution in [0.3, 0.4) is 0 Å². The Hall–Kier alpha value is -2.37. The predicted molar refractivity (Wildman–Crippen MR) is 105 cm³/mol. The van der Waals surface area contributed by atoms with Crippen molar-refractivity contribution in [3.05, 3.63) is 53.8 Å². The molecule has 0 aliphatic heterocycles. The highest BCUT2D eigenvalue weighted by Crippen LogP contribution is 2.38. The normalized spacial score (nSPS) is 11.7. The van der Waals surface area contributed by atoms with Crippen molar-refractivity contribution >= 4 is 23.4 Å². The maximum atomic E-state index is 5.91. The van der Waals surface area contributed by atoms with Gasteiger partial charge in [-0.25, -0.2) is 0 Å². The smallest absolute Gasteiger partial charge is 0.203 e. The van der Waals surface area contributed by atoms with Crippen molar-refractivity contribution in [1.82, 2.24) is 5.32 Å². The van der Waals surface area contributed by atoms with Gasteiger partial charge >= 0.3 is 0 Å². The number of hydrogen-bond acceptors (Lipinski definition) is 5. The molecule has 6 heteroatoms. The fourth-order valence-electron chi connectivity index (χ4n) is 2.82. The van der Waals surface area contributed by atoms with E-state index in [9.17, 15) is 0 Å². The van der Waals surface area contributed by atoms with Crippen LogP contribution in [-0.2, 0) is 6.54 Å². The number of hydrogen-bond donors (Lipinski definition) is 1. The molecule has 3 aromatic rings. The highest BCUT2D eigenvalue weighted by Gasteiger charge is 2.15. The molecule has 0 aliphatic rings. The standard InChI is InChI=1S/C20H23NO4.ClH/c1-13(17-11-15-7-5-6-8-16(15)25-17)21-12-14-9-18(22-2)20(24-4)19(10-14)23-3;/h5-11,13,21H,12H2,1-4H3;1H. The molecule has 0 amide bonds. The number of para-hydroxylation sites is 1. The molecule has 1 aromatic heterocycles. The van der Waals surface area contributed by atoms with Crippen LogP contribution >= 0.6 is 12.4 Å². The van der Waals surface area contributed by atoms with Gasteiger partial charge in [-0.3, -0.25) is 0 Å². The second kappa shape index (κ2) is 8.83. The van der Waals surface area contributed by atoms with Gasteiger partial charge in [0, 0.05) is 11.9 Å². The van der Waals surface area contributed by atoms with Gasteiger partial charge in [0.15, 0.2) is 11.5 Å². The van der Waals surface area contributed by atoms with Gasteiger partial charge in [0.1, 0.15) is 11.3 Å². The van der Waals surface area contributed by atoms with E-state index < -0.39 is 0 Å². The lowest BCUT2D eigenvalue weighted by Crippen LogP contribution is -2.17. The van der Waals surface area contributed by atoms with Gasteiger partial charge < -0.3 is 23.9 Å². The Morgan fingerprint density at radius 1 is 0.962 bits per heavy atom. The largest absolute Gasteiger partial charge is 0.493 e. The van der Waals surface area contributed by atoms with Crippen molar-refractivity contribution < 1.29 is 18.6 Å². The summed E-state index contributed by atoms with van der Waals surface area (Å²) in [7, 11) is 4.83. The molecule has 3 rings (SSSR count). The summed E-state index contributed by atoms with van der Waals surface area (Å²) < 4.78 is 22.1. The third-order valence-corrected chi connectivity index (χ3v) is 4.21. The number of benzene rings is 2. The lowest BCUT2D eigenvalue weighted by molar-refractivity contribution is 0.323. The van der Waals surface area contributed by atoms with Gasteiger partial charge in [0.2, 0.25) is 5.75 Å². The number of rotatable bonds is 7. The topological polar surface area (TPSA) is 52.9 Å². The summed E-state index contributed by atoms with van der Waals surface area (Å²) in [5.41, 5.74) is 1.94. The van der Waals surface area contributed by atoms with Gasteiger partial charge in [-0.2, -0.15) is 0 Å². The van der Waals surface area contributed by atoms with Crippen LogP contribution in [0.25, 0.3) is 11.0 Å². The summed E-state index contributed by atoms with van der Waals surface area (Å²) in [5, 5.41) is 4.58. The Labute approximate surface area is 159 Å². The van der Waals surface area contributed by atoms with Gasteiger partial charge in [-0.15, -0.1) is 12.4 Å². The Morgan fingerprint density at radius 2 is 1.62 bits per heavy atom. The number of ether oxygens (including phenoxy) is 3. The van der Waals surface area contributed by atoms with E-state index in [4.69, 9.17) is 18.6 Å². The van der Waals surface area contributed by atoms with E-state index in [0.29, 0.717) is 23.8 Å². The molecule has 0 bridgehead atoms. The summed E-state index contributed by atoms with van der Waals surface area (Å²) in [5.74, 6) is 2.80. The third-order valence-electron chi connectivity index (χ3n) is 4.21. The third kappa shape index (κ3) is 4.06. The average Bonchev–Trinajstić information content (AvgIpc) is 3.09. The lowest BCUT2D eigenvalue weighted by atomic mass is 10.1. The molecule has 2 aromatic carbocycles. The zero-order chi connectivity index (χ0) is 17.8. The number of fused-ring (bicyclic) bond motifs is 1. The Kier molecular flexibility index (Phi) is 6.77. The van der Waals surface area contributed by atoms with Crippen molar-refractivity contribution in [2.24, 2.45) is 0 Å². The summed E-state index contributed by atoms with van der Waals surface area (Å²) in [6.45, 7) is 2.73. The molecule has 0 fully saturated rings. The second-order valence-electron chi connectivity index (χ2n) is 5.82. The number of furan rings is 1. The van der Waals surface area contributed by atoms with Crippen LogP contribution < -0.4 is 19.5 Å². The molecule has 0 spiro atoms. The summed E-state index contributed by atoms with van der Waals surface area (Å²) in [6, 6.07) is 14.0. The van der Waals surface area contributed by atoms with E-state index in [2.05, 4.69) is 18.3 Å². The van der Waals surface area contributed by atoms with Crippen LogP contribution in [-0.4, -0.2) is 21.3 Å². The summed E-state index contributed by atoms with van der Waals surface area (Å²) in [4.78, 5) is 0. The molecule has 0 aliphatic carbocycles. The van der Waals surface area contributed by atoms with E-state index in [1.165, 1.54) is 0 Å². The average molecular weight is 378 g/mol. The molecular formula is C20H24ClNO4. The van der Waals surface area contributed by atoms with Gasteiger partial charge in [-0.1, -0.05) is 18.2 Å². The van der Waals surface area contributed by atoms with Gasteiger partial charge in [-0.05, 0) is 36.8 Å². The quantitative estimate of drug-likeness (QED) is 0.645. The number of methoxy groups -OCH3 is 3. The van der Waals surface area contributed by atoms with Crippen molar-refractivity contribution in [2.75, 3.05) is 21.3 Å². The molecule has 1 atom stereocenters. The first kappa shape index (κ1) is 19.9. The van der Waals surface area contributed by atoms with Crippen LogP contribution in [0, 0.1) is 0 Å². The first-order chi connectivity index (χ1) is 12.2. The zero-order valence-corrected chi connectivity index (χ0v) is 16.2. The second-order valence-corrected chi connectivity index (χ2v) is 5.82. The van der Waals surface area contributed by atoms with Crippen LogP contribution in [0.2, 0.25) is 0 Å². The minimum Gasteiger partial charge on any atom is -0.493 e. The van der Waals surface area contributed by atoms with Crippen LogP contribution in [0.4, 0.5) is 0 Å². The van der Waals surface area contributed by atoms with Crippen LogP contribution in [0.15, 0.2) is 46.9 Å². The Bertz CT molecular complexity index is 804. The van der Waals surface area contributed by atoms with Crippen molar-refractivity contribution in [3.8, 4) is 17.2 Å². The summed E-state index contributed by atoms with van der Waals surface area (Å²) >= 11 is 0. The molecule has 0 saturated heterocycles. The van der Waals surface area contributed by atoms with E-state index in [0.717, 1.165) is 22.3 Å². The molecular weight excluding hydrogens is 354 g/mol. The molecule has 1 heterocycles. The first-order valence-electron chi connectivity index (χ1n) is 8.17. The fraction of sp³-hybridized carbons (Fsp3) is 0.300. The molecule has 0 saturated carbocycles. The molecule has 26 heavy (non-hydrogen) atoms. The molecule has 1 unspecified atom stereocenters. The predicted octanol–water partition coefficient (Wildman–Crippen LogP) is 4.73. The monoisotopic (exact) mass is 377 g/mol. The van der Waals surface area contributed by atoms with Gasteiger partial charge in [0.25, 0.3) is 0 Å². The van der Waals surface area contributed by atoms with Crippen LogP contribution in [0.1, 0.15) is 24.3 Å². The molecule has 0 radical (unpaired) electrons. The lowest BCUT2D eigenvalue weighted by Gasteiger charge is -2.16. The van der Waals surface area contributed by atoms with Gasteiger partial charge in [0.05, 0.1) is 27.4 Å². The van der Waals surface area contributed by atoms with Crippen molar-refractivity contribution in [2.45, 2.75) is 19.5 Å². The number of halogens is 1. The van der Waals surface area contributed by atoms with Crippen molar-refractivity contribution in [1.29, 1.82) is 0 Å².